The molecule has 6 heteroatoms. The highest BCUT2D eigenvalue weighted by molar-refractivity contribution is 5.76. The quantitative estimate of drug-likeness (QED) is 0.0321. The Morgan fingerprint density at radius 1 is 0.431 bits per heavy atom. The van der Waals surface area contributed by atoms with Crippen molar-refractivity contribution in [2.75, 3.05) is 13.2 Å². The minimum Gasteiger partial charge on any atom is -0.466 e. The van der Waals surface area contributed by atoms with Crippen LogP contribution in [0.2, 0.25) is 0 Å². The summed E-state index contributed by atoms with van der Waals surface area (Å²) < 4.78 is 5.48. The Bertz CT molecular complexity index is 1010. The number of hydrogen-bond donors (Lipinski definition) is 3. The normalized spacial score (nSPS) is 12.7. The summed E-state index contributed by atoms with van der Waals surface area (Å²) in [6, 6.07) is -0.546. The summed E-state index contributed by atoms with van der Waals surface area (Å²) in [6.45, 7) is 4.93. The van der Waals surface area contributed by atoms with Crippen molar-refractivity contribution in [1.29, 1.82) is 0 Å². The fourth-order valence-electron chi connectivity index (χ4n) is 9.02. The Hall–Kier alpha value is -1.66. The van der Waals surface area contributed by atoms with Crippen molar-refractivity contribution in [1.82, 2.24) is 5.32 Å². The van der Waals surface area contributed by atoms with E-state index < -0.39 is 12.1 Å². The second-order valence-corrected chi connectivity index (χ2v) is 20.0. The maximum absolute atomic E-state index is 12.4. The zero-order valence-corrected chi connectivity index (χ0v) is 43.7. The lowest BCUT2D eigenvalue weighted by atomic mass is 10.0. The molecule has 0 rings (SSSR count). The smallest absolute Gasteiger partial charge is 0.305 e. The summed E-state index contributed by atoms with van der Waals surface area (Å²) in [6.07, 6.45) is 66.1. The molecule has 0 aromatic rings. The Balaban J connectivity index is 3.40. The molecule has 0 aliphatic carbocycles. The molecule has 0 aliphatic heterocycles. The fourth-order valence-corrected chi connectivity index (χ4v) is 9.02. The van der Waals surface area contributed by atoms with Gasteiger partial charge >= 0.3 is 5.97 Å². The fraction of sp³-hybridized carbons (Fsp3) is 0.898. The maximum Gasteiger partial charge on any atom is 0.305 e. The van der Waals surface area contributed by atoms with E-state index in [4.69, 9.17) is 4.74 Å². The molecule has 6 nitrogen and oxygen atoms in total. The summed E-state index contributed by atoms with van der Waals surface area (Å²) in [7, 11) is 0. The predicted octanol–water partition coefficient (Wildman–Crippen LogP) is 17.9. The Kier molecular flexibility index (Phi) is 53.5. The first-order chi connectivity index (χ1) is 32.0. The molecule has 0 saturated carbocycles. The van der Waals surface area contributed by atoms with E-state index in [1.165, 1.54) is 231 Å². The molecule has 0 aromatic heterocycles. The lowest BCUT2D eigenvalue weighted by Gasteiger charge is -2.22. The number of aliphatic hydroxyl groups excluding tert-OH is 2. The van der Waals surface area contributed by atoms with Gasteiger partial charge < -0.3 is 20.3 Å². The van der Waals surface area contributed by atoms with E-state index in [1.54, 1.807) is 0 Å². The Morgan fingerprint density at radius 2 is 0.769 bits per heavy atom. The first-order valence-electron chi connectivity index (χ1n) is 29.1. The topological polar surface area (TPSA) is 95.9 Å². The Labute approximate surface area is 405 Å². The van der Waals surface area contributed by atoms with E-state index in [1.807, 2.05) is 0 Å². The van der Waals surface area contributed by atoms with Crippen LogP contribution in [0.4, 0.5) is 0 Å². The number of nitrogens with one attached hydrogen (secondary N) is 1. The monoisotopic (exact) mass is 916 g/mol. The molecule has 65 heavy (non-hydrogen) atoms. The van der Waals surface area contributed by atoms with Crippen LogP contribution in [0.15, 0.2) is 24.3 Å². The highest BCUT2D eigenvalue weighted by Gasteiger charge is 2.20. The molecule has 0 heterocycles. The summed E-state index contributed by atoms with van der Waals surface area (Å²) in [5, 5.41) is 23.1. The summed E-state index contributed by atoms with van der Waals surface area (Å²) in [5.41, 5.74) is 0. The predicted molar refractivity (Wildman–Crippen MR) is 283 cm³/mol. The van der Waals surface area contributed by atoms with Crippen molar-refractivity contribution >= 4 is 11.9 Å². The number of carbonyl (C=O) groups excluding carboxylic acids is 2. The molecule has 3 N–H and O–H groups in total. The lowest BCUT2D eigenvalue weighted by molar-refractivity contribution is -0.143. The largest absolute Gasteiger partial charge is 0.466 e. The van der Waals surface area contributed by atoms with E-state index in [0.717, 1.165) is 51.4 Å². The third-order valence-corrected chi connectivity index (χ3v) is 13.5. The van der Waals surface area contributed by atoms with Crippen molar-refractivity contribution < 1.29 is 24.5 Å². The van der Waals surface area contributed by atoms with Gasteiger partial charge in [0, 0.05) is 12.8 Å². The molecule has 0 spiro atoms. The molecule has 0 aromatic carbocycles. The van der Waals surface area contributed by atoms with E-state index >= 15 is 0 Å². The number of rotatable bonds is 54. The standard InChI is InChI=1S/C59H113NO5/c1-3-5-7-9-11-13-14-15-16-27-30-33-37-41-45-49-53-59(64)65-54-50-46-42-38-34-31-28-25-23-21-19-17-18-20-22-24-26-29-32-36-40-44-48-52-58(63)60-56(55-61)57(62)51-47-43-39-35-12-10-8-6-4-2/h17,19-20,22,56-57,61-62H,3-16,18,21,23-55H2,1-2H3,(H,60,63)/b19-17-,22-20-. The zero-order chi connectivity index (χ0) is 47.2. The SMILES string of the molecule is CCCCCCCCCCCCCCCCCCC(=O)OCCCCCCCCCCC/C=C\C/C=C\CCCCCCCCCC(=O)NC(CO)C(O)CCCCCCCCCCC. The third kappa shape index (κ3) is 51.6. The summed E-state index contributed by atoms with van der Waals surface area (Å²) in [4.78, 5) is 24.5. The summed E-state index contributed by atoms with van der Waals surface area (Å²) in [5.74, 6) is -0.0370. The average Bonchev–Trinajstić information content (AvgIpc) is 3.31. The molecule has 0 saturated heterocycles. The van der Waals surface area contributed by atoms with Crippen LogP contribution in [-0.2, 0) is 14.3 Å². The van der Waals surface area contributed by atoms with Gasteiger partial charge in [0.25, 0.3) is 0 Å². The van der Waals surface area contributed by atoms with Gasteiger partial charge in [-0.15, -0.1) is 0 Å². The number of aliphatic hydroxyl groups is 2. The van der Waals surface area contributed by atoms with E-state index in [-0.39, 0.29) is 18.5 Å². The molecule has 0 radical (unpaired) electrons. The van der Waals surface area contributed by atoms with Crippen molar-refractivity contribution in [3.8, 4) is 0 Å². The number of ether oxygens (including phenoxy) is 1. The van der Waals surface area contributed by atoms with Crippen LogP contribution in [0.25, 0.3) is 0 Å². The van der Waals surface area contributed by atoms with Gasteiger partial charge in [0.05, 0.1) is 25.4 Å². The van der Waals surface area contributed by atoms with Gasteiger partial charge in [0.15, 0.2) is 0 Å². The van der Waals surface area contributed by atoms with Gasteiger partial charge in [-0.05, 0) is 57.8 Å². The highest BCUT2D eigenvalue weighted by Crippen LogP contribution is 2.17. The molecule has 0 bridgehead atoms. The first kappa shape index (κ1) is 63.3. The molecule has 384 valence electrons. The molecular weight excluding hydrogens is 803 g/mol. The Morgan fingerprint density at radius 3 is 1.17 bits per heavy atom. The molecule has 1 amide bonds. The van der Waals surface area contributed by atoms with Crippen LogP contribution in [0, 0.1) is 0 Å². The van der Waals surface area contributed by atoms with Gasteiger partial charge in [-0.3, -0.25) is 9.59 Å². The first-order valence-corrected chi connectivity index (χ1v) is 29.1. The molecule has 2 atom stereocenters. The van der Waals surface area contributed by atoms with E-state index in [9.17, 15) is 19.8 Å². The summed E-state index contributed by atoms with van der Waals surface area (Å²) >= 11 is 0. The van der Waals surface area contributed by atoms with Gasteiger partial charge in [0.1, 0.15) is 0 Å². The van der Waals surface area contributed by atoms with E-state index in [2.05, 4.69) is 43.5 Å². The number of allylic oxidation sites excluding steroid dienone is 4. The van der Waals surface area contributed by atoms with Crippen LogP contribution in [0.1, 0.15) is 316 Å². The molecule has 2 unspecified atom stereocenters. The number of esters is 1. The highest BCUT2D eigenvalue weighted by atomic mass is 16.5. The van der Waals surface area contributed by atoms with Crippen LogP contribution < -0.4 is 5.32 Å². The van der Waals surface area contributed by atoms with Crippen molar-refractivity contribution in [2.45, 2.75) is 328 Å². The third-order valence-electron chi connectivity index (χ3n) is 13.5. The van der Waals surface area contributed by atoms with Crippen LogP contribution in [-0.4, -0.2) is 47.4 Å². The number of amides is 1. The molecule has 0 aliphatic rings. The van der Waals surface area contributed by atoms with Crippen LogP contribution in [0.5, 0.6) is 0 Å². The second-order valence-electron chi connectivity index (χ2n) is 20.0. The van der Waals surface area contributed by atoms with Crippen molar-refractivity contribution in [3.05, 3.63) is 24.3 Å². The number of unbranched alkanes of at least 4 members (excludes halogenated alkanes) is 39. The van der Waals surface area contributed by atoms with Gasteiger partial charge in [0.2, 0.25) is 5.91 Å². The van der Waals surface area contributed by atoms with E-state index in [0.29, 0.717) is 25.9 Å². The minimum absolute atomic E-state index is 0.0105. The van der Waals surface area contributed by atoms with Gasteiger partial charge in [-0.1, -0.05) is 269 Å². The van der Waals surface area contributed by atoms with Gasteiger partial charge in [-0.2, -0.15) is 0 Å². The molecular formula is C59H113NO5. The average molecular weight is 917 g/mol. The second kappa shape index (κ2) is 54.9. The lowest BCUT2D eigenvalue weighted by Crippen LogP contribution is -2.45. The maximum atomic E-state index is 12.4. The zero-order valence-electron chi connectivity index (χ0n) is 43.7. The number of hydrogen-bond acceptors (Lipinski definition) is 5. The van der Waals surface area contributed by atoms with Crippen molar-refractivity contribution in [2.24, 2.45) is 0 Å². The minimum atomic E-state index is -0.668. The van der Waals surface area contributed by atoms with Crippen molar-refractivity contribution in [3.63, 3.8) is 0 Å². The van der Waals surface area contributed by atoms with Crippen LogP contribution >= 0.6 is 0 Å². The van der Waals surface area contributed by atoms with Crippen LogP contribution in [0.3, 0.4) is 0 Å². The molecule has 0 fully saturated rings. The number of carbonyl (C=O) groups is 2. The van der Waals surface area contributed by atoms with Gasteiger partial charge in [-0.25, -0.2) is 0 Å².